The molecule has 1 amide bonds. The zero-order valence-electron chi connectivity index (χ0n) is 10.1. The third kappa shape index (κ3) is 2.62. The summed E-state index contributed by atoms with van der Waals surface area (Å²) in [5, 5.41) is 3.57. The SMILES string of the molecule is O=C(Nc1ccc2cccnc2n1)c1cnc(Br)cn1. The van der Waals surface area contributed by atoms with E-state index in [4.69, 9.17) is 0 Å². The van der Waals surface area contributed by atoms with Gasteiger partial charge in [0.1, 0.15) is 16.1 Å². The van der Waals surface area contributed by atoms with Gasteiger partial charge in [0, 0.05) is 11.6 Å². The normalized spacial score (nSPS) is 10.4. The zero-order chi connectivity index (χ0) is 13.9. The molecule has 0 unspecified atom stereocenters. The molecule has 1 N–H and O–H groups in total. The molecule has 7 heteroatoms. The molecule has 3 heterocycles. The lowest BCUT2D eigenvalue weighted by Crippen LogP contribution is -2.14. The molecule has 0 saturated carbocycles. The fraction of sp³-hybridized carbons (Fsp3) is 0. The number of rotatable bonds is 2. The lowest BCUT2D eigenvalue weighted by Gasteiger charge is -2.04. The number of anilines is 1. The molecule has 0 radical (unpaired) electrons. The Hall–Kier alpha value is -2.41. The van der Waals surface area contributed by atoms with E-state index in [1.54, 1.807) is 12.3 Å². The van der Waals surface area contributed by atoms with Crippen molar-refractivity contribution in [2.24, 2.45) is 0 Å². The fourth-order valence-electron chi connectivity index (χ4n) is 1.63. The topological polar surface area (TPSA) is 80.7 Å². The van der Waals surface area contributed by atoms with Crippen LogP contribution >= 0.6 is 15.9 Å². The van der Waals surface area contributed by atoms with E-state index in [9.17, 15) is 4.79 Å². The first-order valence-electron chi connectivity index (χ1n) is 5.73. The van der Waals surface area contributed by atoms with Gasteiger partial charge in [-0.15, -0.1) is 0 Å². The summed E-state index contributed by atoms with van der Waals surface area (Å²) in [5.74, 6) is 0.0544. The molecular formula is C13H8BrN5O. The molecule has 0 atom stereocenters. The number of hydrogen-bond acceptors (Lipinski definition) is 5. The highest BCUT2D eigenvalue weighted by atomic mass is 79.9. The minimum absolute atomic E-state index is 0.219. The summed E-state index contributed by atoms with van der Waals surface area (Å²) in [6.45, 7) is 0. The number of pyridine rings is 2. The molecule has 0 bridgehead atoms. The number of nitrogens with zero attached hydrogens (tertiary/aromatic N) is 4. The molecule has 0 aliphatic heterocycles. The van der Waals surface area contributed by atoms with Crippen molar-refractivity contribution in [1.29, 1.82) is 0 Å². The van der Waals surface area contributed by atoms with Gasteiger partial charge in [0.25, 0.3) is 5.91 Å². The van der Waals surface area contributed by atoms with Crippen molar-refractivity contribution in [3.05, 3.63) is 53.2 Å². The second-order valence-electron chi connectivity index (χ2n) is 3.93. The molecule has 6 nitrogen and oxygen atoms in total. The second-order valence-corrected chi connectivity index (χ2v) is 4.74. The highest BCUT2D eigenvalue weighted by molar-refractivity contribution is 9.10. The Morgan fingerprint density at radius 1 is 1.10 bits per heavy atom. The van der Waals surface area contributed by atoms with Gasteiger partial charge in [-0.2, -0.15) is 0 Å². The average Bonchev–Trinajstić information content (AvgIpc) is 2.48. The van der Waals surface area contributed by atoms with Crippen molar-refractivity contribution in [2.75, 3.05) is 5.32 Å². The quantitative estimate of drug-likeness (QED) is 0.780. The van der Waals surface area contributed by atoms with Crippen molar-refractivity contribution in [3.63, 3.8) is 0 Å². The molecule has 0 fully saturated rings. The number of carbonyl (C=O) groups excluding carboxylic acids is 1. The molecule has 0 spiro atoms. The summed E-state index contributed by atoms with van der Waals surface area (Å²) in [6.07, 6.45) is 4.50. The Morgan fingerprint density at radius 3 is 2.80 bits per heavy atom. The number of fused-ring (bicyclic) bond motifs is 1. The van der Waals surface area contributed by atoms with Gasteiger partial charge in [0.15, 0.2) is 5.65 Å². The molecule has 98 valence electrons. The van der Waals surface area contributed by atoms with Gasteiger partial charge < -0.3 is 5.32 Å². The van der Waals surface area contributed by atoms with Crippen LogP contribution in [0.4, 0.5) is 5.82 Å². The van der Waals surface area contributed by atoms with Crippen molar-refractivity contribution < 1.29 is 4.79 Å². The van der Waals surface area contributed by atoms with Gasteiger partial charge in [-0.05, 0) is 40.2 Å². The van der Waals surface area contributed by atoms with Gasteiger partial charge in [-0.1, -0.05) is 0 Å². The Balaban J connectivity index is 1.85. The lowest BCUT2D eigenvalue weighted by molar-refractivity contribution is 0.102. The third-order valence-corrected chi connectivity index (χ3v) is 2.97. The molecule has 3 aromatic heterocycles. The van der Waals surface area contributed by atoms with E-state index in [1.807, 2.05) is 18.2 Å². The minimum Gasteiger partial charge on any atom is -0.305 e. The predicted octanol–water partition coefficient (Wildman–Crippen LogP) is 2.43. The van der Waals surface area contributed by atoms with Crippen LogP contribution in [0.3, 0.4) is 0 Å². The van der Waals surface area contributed by atoms with Crippen molar-refractivity contribution in [2.45, 2.75) is 0 Å². The Kier molecular flexibility index (Phi) is 3.34. The highest BCUT2D eigenvalue weighted by Crippen LogP contribution is 2.13. The standard InChI is InChI=1S/C13H8BrN5O/c14-10-7-16-9(6-17-10)13(20)19-11-4-3-8-2-1-5-15-12(8)18-11/h1-7H,(H,15,18,19,20). The number of hydrogen-bond donors (Lipinski definition) is 1. The maximum absolute atomic E-state index is 12.0. The summed E-state index contributed by atoms with van der Waals surface area (Å²) >= 11 is 3.16. The van der Waals surface area contributed by atoms with Crippen LogP contribution in [0.2, 0.25) is 0 Å². The molecule has 3 rings (SSSR count). The van der Waals surface area contributed by atoms with Gasteiger partial charge in [0.05, 0.1) is 12.4 Å². The Morgan fingerprint density at radius 2 is 2.00 bits per heavy atom. The summed E-state index contributed by atoms with van der Waals surface area (Å²) < 4.78 is 0.571. The Bertz CT molecular complexity index is 775. The third-order valence-electron chi connectivity index (χ3n) is 2.56. The number of halogens is 1. The van der Waals surface area contributed by atoms with Gasteiger partial charge in [-0.25, -0.2) is 19.9 Å². The van der Waals surface area contributed by atoms with Gasteiger partial charge in [-0.3, -0.25) is 4.79 Å². The van der Waals surface area contributed by atoms with E-state index < -0.39 is 0 Å². The molecular weight excluding hydrogens is 322 g/mol. The second kappa shape index (κ2) is 5.30. The first kappa shape index (κ1) is 12.6. The van der Waals surface area contributed by atoms with E-state index >= 15 is 0 Å². The molecule has 20 heavy (non-hydrogen) atoms. The smallest absolute Gasteiger partial charge is 0.277 e. The number of nitrogens with one attached hydrogen (secondary N) is 1. The van der Waals surface area contributed by atoms with Crippen molar-refractivity contribution in [1.82, 2.24) is 19.9 Å². The fourth-order valence-corrected chi connectivity index (χ4v) is 1.84. The predicted molar refractivity (Wildman–Crippen MR) is 77.2 cm³/mol. The zero-order valence-corrected chi connectivity index (χ0v) is 11.7. The first-order valence-corrected chi connectivity index (χ1v) is 6.52. The largest absolute Gasteiger partial charge is 0.305 e. The minimum atomic E-state index is -0.368. The summed E-state index contributed by atoms with van der Waals surface area (Å²) in [5.41, 5.74) is 0.795. The first-order chi connectivity index (χ1) is 9.72. The van der Waals surface area contributed by atoms with Crippen molar-refractivity contribution in [3.8, 4) is 0 Å². The number of carbonyl (C=O) groups is 1. The van der Waals surface area contributed by atoms with Crippen LogP contribution in [0.15, 0.2) is 47.5 Å². The van der Waals surface area contributed by atoms with Crippen LogP contribution in [0, 0.1) is 0 Å². The maximum atomic E-state index is 12.0. The molecule has 0 aliphatic rings. The summed E-state index contributed by atoms with van der Waals surface area (Å²) in [4.78, 5) is 28.3. The van der Waals surface area contributed by atoms with E-state index in [2.05, 4.69) is 41.2 Å². The molecule has 3 aromatic rings. The molecule has 0 saturated heterocycles. The van der Waals surface area contributed by atoms with Crippen LogP contribution < -0.4 is 5.32 Å². The van der Waals surface area contributed by atoms with E-state index in [0.717, 1.165) is 5.39 Å². The Labute approximate surface area is 122 Å². The maximum Gasteiger partial charge on any atom is 0.277 e. The monoisotopic (exact) mass is 329 g/mol. The van der Waals surface area contributed by atoms with E-state index in [1.165, 1.54) is 12.4 Å². The summed E-state index contributed by atoms with van der Waals surface area (Å²) in [7, 11) is 0. The van der Waals surface area contributed by atoms with Crippen molar-refractivity contribution >= 4 is 38.7 Å². The van der Waals surface area contributed by atoms with Crippen LogP contribution in [0.5, 0.6) is 0 Å². The summed E-state index contributed by atoms with van der Waals surface area (Å²) in [6, 6.07) is 7.30. The average molecular weight is 330 g/mol. The number of aromatic nitrogens is 4. The van der Waals surface area contributed by atoms with E-state index in [0.29, 0.717) is 16.1 Å². The van der Waals surface area contributed by atoms with Crippen LogP contribution in [0.25, 0.3) is 11.0 Å². The lowest BCUT2D eigenvalue weighted by atomic mass is 10.3. The molecule has 0 aromatic carbocycles. The number of amides is 1. The van der Waals surface area contributed by atoms with E-state index in [-0.39, 0.29) is 11.6 Å². The highest BCUT2D eigenvalue weighted by Gasteiger charge is 2.09. The van der Waals surface area contributed by atoms with Crippen LogP contribution in [-0.4, -0.2) is 25.8 Å². The van der Waals surface area contributed by atoms with Gasteiger partial charge >= 0.3 is 0 Å². The van der Waals surface area contributed by atoms with Crippen LogP contribution in [0.1, 0.15) is 10.5 Å². The van der Waals surface area contributed by atoms with Gasteiger partial charge in [0.2, 0.25) is 0 Å². The van der Waals surface area contributed by atoms with Crippen LogP contribution in [-0.2, 0) is 0 Å². The molecule has 0 aliphatic carbocycles.